The van der Waals surface area contributed by atoms with Crippen LogP contribution in [0.15, 0.2) is 42.5 Å². The van der Waals surface area contributed by atoms with Crippen LogP contribution in [-0.2, 0) is 4.79 Å². The molecule has 0 saturated carbocycles. The van der Waals surface area contributed by atoms with Crippen molar-refractivity contribution in [1.29, 1.82) is 0 Å². The standard InChI is InChI=1S/C25H34N4O4/c1-3-7-25(32)27-18-11-12-23(20(14-18)17(2)30)33-16-19(31)15-29-22-9-5-4-8-21(22)28-24(29)10-6-13-26/h4-5,8-9,11-12,14,19,24,28,31H,3,6-7,10,13,15-16,26H2,1-2H3,(H,27,32). The van der Waals surface area contributed by atoms with Gasteiger partial charge in [0.25, 0.3) is 0 Å². The number of rotatable bonds is 12. The Hall–Kier alpha value is -3.10. The SMILES string of the molecule is CCCC(=O)Nc1ccc(OCC(O)CN2c3ccccc3NC2CCCN)c(C(C)=O)c1. The molecule has 8 heteroatoms. The number of ketones is 1. The smallest absolute Gasteiger partial charge is 0.224 e. The van der Waals surface area contributed by atoms with E-state index < -0.39 is 6.10 Å². The number of ether oxygens (including phenoxy) is 1. The van der Waals surface area contributed by atoms with E-state index >= 15 is 0 Å². The zero-order chi connectivity index (χ0) is 23.8. The number of β-amino-alcohol motifs (C(OH)–C–C–N with tert-alkyl or cyclic N) is 1. The van der Waals surface area contributed by atoms with Gasteiger partial charge in [0.2, 0.25) is 5.91 Å². The normalized spacial score (nSPS) is 15.5. The first kappa shape index (κ1) is 24.5. The molecular weight excluding hydrogens is 420 g/mol. The number of nitrogens with one attached hydrogen (secondary N) is 2. The molecule has 2 atom stereocenters. The summed E-state index contributed by atoms with van der Waals surface area (Å²) in [6, 6.07) is 13.0. The Kier molecular flexibility index (Phi) is 8.68. The van der Waals surface area contributed by atoms with Crippen molar-refractivity contribution in [3.8, 4) is 5.75 Å². The molecule has 1 heterocycles. The summed E-state index contributed by atoms with van der Waals surface area (Å²) in [6.45, 7) is 4.39. The van der Waals surface area contributed by atoms with E-state index in [-0.39, 0.29) is 24.5 Å². The number of amides is 1. The van der Waals surface area contributed by atoms with Gasteiger partial charge in [-0.1, -0.05) is 19.1 Å². The molecule has 0 fully saturated rings. The van der Waals surface area contributed by atoms with Crippen molar-refractivity contribution in [2.24, 2.45) is 5.73 Å². The van der Waals surface area contributed by atoms with Crippen LogP contribution >= 0.6 is 0 Å². The Labute approximate surface area is 195 Å². The second kappa shape index (κ2) is 11.7. The van der Waals surface area contributed by atoms with Crippen LogP contribution < -0.4 is 26.0 Å². The van der Waals surface area contributed by atoms with Gasteiger partial charge < -0.3 is 31.1 Å². The summed E-state index contributed by atoms with van der Waals surface area (Å²) in [4.78, 5) is 26.1. The molecule has 8 nitrogen and oxygen atoms in total. The molecule has 0 radical (unpaired) electrons. The third-order valence-electron chi connectivity index (χ3n) is 5.55. The van der Waals surface area contributed by atoms with E-state index in [1.165, 1.54) is 6.92 Å². The van der Waals surface area contributed by atoms with Crippen molar-refractivity contribution in [2.75, 3.05) is 35.2 Å². The lowest BCUT2D eigenvalue weighted by molar-refractivity contribution is -0.116. The maximum atomic E-state index is 12.2. The molecule has 0 saturated heterocycles. The van der Waals surface area contributed by atoms with Crippen LogP contribution in [0.1, 0.15) is 49.9 Å². The molecule has 1 aliphatic rings. The van der Waals surface area contributed by atoms with Gasteiger partial charge in [-0.3, -0.25) is 9.59 Å². The number of hydrogen-bond donors (Lipinski definition) is 4. The van der Waals surface area contributed by atoms with E-state index in [0.29, 0.717) is 36.5 Å². The fraction of sp³-hybridized carbons (Fsp3) is 0.440. The van der Waals surface area contributed by atoms with Gasteiger partial charge >= 0.3 is 0 Å². The van der Waals surface area contributed by atoms with Gasteiger partial charge in [0.05, 0.1) is 23.1 Å². The molecule has 2 unspecified atom stereocenters. The zero-order valence-corrected chi connectivity index (χ0v) is 19.3. The number of aliphatic hydroxyl groups excluding tert-OH is 1. The number of anilines is 3. The first-order chi connectivity index (χ1) is 15.9. The maximum Gasteiger partial charge on any atom is 0.224 e. The van der Waals surface area contributed by atoms with E-state index in [1.54, 1.807) is 18.2 Å². The molecule has 0 bridgehead atoms. The fourth-order valence-corrected chi connectivity index (χ4v) is 3.96. The van der Waals surface area contributed by atoms with E-state index in [0.717, 1.165) is 30.6 Å². The molecule has 3 rings (SSSR count). The number of fused-ring (bicyclic) bond motifs is 1. The van der Waals surface area contributed by atoms with Crippen LogP contribution in [0.4, 0.5) is 17.1 Å². The molecule has 178 valence electrons. The molecule has 2 aromatic carbocycles. The minimum absolute atomic E-state index is 0.0318. The van der Waals surface area contributed by atoms with E-state index in [4.69, 9.17) is 10.5 Å². The number of carbonyl (C=O) groups excluding carboxylic acids is 2. The lowest BCUT2D eigenvalue weighted by Gasteiger charge is -2.29. The highest BCUT2D eigenvalue weighted by Gasteiger charge is 2.29. The zero-order valence-electron chi connectivity index (χ0n) is 19.3. The number of benzene rings is 2. The molecule has 1 aliphatic heterocycles. The Morgan fingerprint density at radius 2 is 2.06 bits per heavy atom. The quantitative estimate of drug-likeness (QED) is 0.363. The number of nitrogens with two attached hydrogens (primary N) is 1. The Balaban J connectivity index is 1.65. The fourth-order valence-electron chi connectivity index (χ4n) is 3.96. The van der Waals surface area contributed by atoms with E-state index in [9.17, 15) is 14.7 Å². The van der Waals surface area contributed by atoms with Gasteiger partial charge in [0, 0.05) is 18.7 Å². The van der Waals surface area contributed by atoms with Gasteiger partial charge in [0.15, 0.2) is 5.78 Å². The predicted molar refractivity (Wildman–Crippen MR) is 131 cm³/mol. The number of hydrogen-bond acceptors (Lipinski definition) is 7. The summed E-state index contributed by atoms with van der Waals surface area (Å²) >= 11 is 0. The third kappa shape index (κ3) is 6.46. The molecule has 0 spiro atoms. The molecule has 0 aromatic heterocycles. The highest BCUT2D eigenvalue weighted by molar-refractivity contribution is 5.99. The van der Waals surface area contributed by atoms with Crippen LogP contribution in [0.5, 0.6) is 5.75 Å². The summed E-state index contributed by atoms with van der Waals surface area (Å²) in [5, 5.41) is 17.0. The number of carbonyl (C=O) groups is 2. The topological polar surface area (TPSA) is 117 Å². The minimum Gasteiger partial charge on any atom is -0.490 e. The monoisotopic (exact) mass is 454 g/mol. The van der Waals surface area contributed by atoms with Crippen molar-refractivity contribution < 1.29 is 19.4 Å². The van der Waals surface area contributed by atoms with Gasteiger partial charge in [-0.05, 0) is 63.1 Å². The van der Waals surface area contributed by atoms with Crippen LogP contribution in [0, 0.1) is 0 Å². The van der Waals surface area contributed by atoms with Crippen LogP contribution in [0.3, 0.4) is 0 Å². The van der Waals surface area contributed by atoms with Gasteiger partial charge in [0.1, 0.15) is 18.5 Å². The summed E-state index contributed by atoms with van der Waals surface area (Å²) in [6.07, 6.45) is 2.17. The Morgan fingerprint density at radius 3 is 2.79 bits per heavy atom. The van der Waals surface area contributed by atoms with E-state index in [1.807, 2.05) is 31.2 Å². The van der Waals surface area contributed by atoms with Crippen LogP contribution in [0.25, 0.3) is 0 Å². The number of aliphatic hydroxyl groups is 1. The summed E-state index contributed by atoms with van der Waals surface area (Å²) in [5.74, 6) is 0.111. The predicted octanol–water partition coefficient (Wildman–Crippen LogP) is 3.36. The Bertz CT molecular complexity index is 965. The largest absolute Gasteiger partial charge is 0.490 e. The number of Topliss-reactive ketones (excluding diaryl/α,β-unsaturated/α-hetero) is 1. The average Bonchev–Trinajstić information content (AvgIpc) is 3.14. The molecule has 2 aromatic rings. The van der Waals surface area contributed by atoms with Crippen LogP contribution in [-0.4, -0.2) is 48.8 Å². The highest BCUT2D eigenvalue weighted by atomic mass is 16.5. The van der Waals surface area contributed by atoms with Gasteiger partial charge in [-0.25, -0.2) is 0 Å². The Morgan fingerprint density at radius 1 is 1.27 bits per heavy atom. The molecule has 33 heavy (non-hydrogen) atoms. The maximum absolute atomic E-state index is 12.2. The second-order valence-electron chi connectivity index (χ2n) is 8.29. The molecule has 0 aliphatic carbocycles. The van der Waals surface area contributed by atoms with Gasteiger partial charge in [-0.2, -0.15) is 0 Å². The molecule has 1 amide bonds. The lowest BCUT2D eigenvalue weighted by atomic mass is 10.1. The minimum atomic E-state index is -0.776. The van der Waals surface area contributed by atoms with Crippen LogP contribution in [0.2, 0.25) is 0 Å². The van der Waals surface area contributed by atoms with Crippen molar-refractivity contribution >= 4 is 28.8 Å². The summed E-state index contributed by atoms with van der Waals surface area (Å²) < 4.78 is 5.83. The van der Waals surface area contributed by atoms with Crippen molar-refractivity contribution in [2.45, 2.75) is 51.8 Å². The first-order valence-corrected chi connectivity index (χ1v) is 11.5. The summed E-state index contributed by atoms with van der Waals surface area (Å²) in [5.41, 5.74) is 8.68. The average molecular weight is 455 g/mol. The number of nitrogens with zero attached hydrogens (tertiary/aromatic N) is 1. The second-order valence-corrected chi connectivity index (χ2v) is 8.29. The lowest BCUT2D eigenvalue weighted by Crippen LogP contribution is -2.42. The highest BCUT2D eigenvalue weighted by Crippen LogP contribution is 2.35. The molecule has 5 N–H and O–H groups in total. The van der Waals surface area contributed by atoms with Crippen molar-refractivity contribution in [3.05, 3.63) is 48.0 Å². The first-order valence-electron chi connectivity index (χ1n) is 11.5. The van der Waals surface area contributed by atoms with E-state index in [2.05, 4.69) is 15.5 Å². The third-order valence-corrected chi connectivity index (χ3v) is 5.55. The van der Waals surface area contributed by atoms with Crippen molar-refractivity contribution in [3.63, 3.8) is 0 Å². The molecular formula is C25H34N4O4. The number of para-hydroxylation sites is 2. The summed E-state index contributed by atoms with van der Waals surface area (Å²) in [7, 11) is 0. The van der Waals surface area contributed by atoms with Gasteiger partial charge in [-0.15, -0.1) is 0 Å². The van der Waals surface area contributed by atoms with Crippen molar-refractivity contribution in [1.82, 2.24) is 0 Å².